The van der Waals surface area contributed by atoms with E-state index in [1.807, 2.05) is 36.7 Å². The molecule has 0 fully saturated rings. The summed E-state index contributed by atoms with van der Waals surface area (Å²) >= 11 is 0. The summed E-state index contributed by atoms with van der Waals surface area (Å²) in [6.45, 7) is 0. The van der Waals surface area contributed by atoms with Crippen LogP contribution in [0.25, 0.3) is 89.0 Å². The Kier molecular flexibility index (Phi) is 6.72. The SMILES string of the molecule is c1ccc2cc(-c3nc(-c4ccc(-c5nccc6ccccc56)cc4)nc(-c4ccc(-c5nccc6ccccc56)cc4)n3)ccc2c1. The standard InChI is InChI=1S/C43H27N5/c1-2-10-35-27-36(22-13-28(35)7-1)43-47-41(33-18-14-31(15-19-33)39-37-11-5-3-8-29(37)23-25-44-39)46-42(48-43)34-20-16-32(17-21-34)40-38-12-6-4-9-30(38)24-26-45-40/h1-27H. The second-order valence-electron chi connectivity index (χ2n) is 11.8. The Morgan fingerprint density at radius 3 is 1.21 bits per heavy atom. The van der Waals surface area contributed by atoms with Gasteiger partial charge < -0.3 is 0 Å². The van der Waals surface area contributed by atoms with E-state index in [-0.39, 0.29) is 0 Å². The molecular weight excluding hydrogens is 587 g/mol. The van der Waals surface area contributed by atoms with Gasteiger partial charge in [-0.3, -0.25) is 9.97 Å². The highest BCUT2D eigenvalue weighted by molar-refractivity contribution is 5.95. The minimum atomic E-state index is 0.611. The van der Waals surface area contributed by atoms with Crippen molar-refractivity contribution in [1.82, 2.24) is 24.9 Å². The number of nitrogens with zero attached hydrogens (tertiary/aromatic N) is 5. The first-order chi connectivity index (χ1) is 23.8. The van der Waals surface area contributed by atoms with Crippen LogP contribution in [-0.4, -0.2) is 24.9 Å². The Bertz CT molecular complexity index is 2460. The van der Waals surface area contributed by atoms with Gasteiger partial charge >= 0.3 is 0 Å². The highest BCUT2D eigenvalue weighted by Gasteiger charge is 2.15. The van der Waals surface area contributed by atoms with E-state index in [9.17, 15) is 0 Å². The highest BCUT2D eigenvalue weighted by Crippen LogP contribution is 2.32. The number of rotatable bonds is 5. The summed E-state index contributed by atoms with van der Waals surface area (Å²) in [5.74, 6) is 1.85. The van der Waals surface area contributed by atoms with E-state index in [0.29, 0.717) is 17.5 Å². The zero-order valence-electron chi connectivity index (χ0n) is 25.8. The lowest BCUT2D eigenvalue weighted by atomic mass is 10.0. The fourth-order valence-corrected chi connectivity index (χ4v) is 6.35. The molecule has 0 aliphatic rings. The zero-order chi connectivity index (χ0) is 31.9. The summed E-state index contributed by atoms with van der Waals surface area (Å²) < 4.78 is 0. The fourth-order valence-electron chi connectivity index (χ4n) is 6.35. The van der Waals surface area contributed by atoms with Gasteiger partial charge in [-0.15, -0.1) is 0 Å². The molecule has 0 radical (unpaired) electrons. The monoisotopic (exact) mass is 613 g/mol. The second kappa shape index (κ2) is 11.6. The van der Waals surface area contributed by atoms with Crippen molar-refractivity contribution >= 4 is 32.3 Å². The van der Waals surface area contributed by atoms with Crippen molar-refractivity contribution < 1.29 is 0 Å². The maximum absolute atomic E-state index is 5.01. The number of aromatic nitrogens is 5. The van der Waals surface area contributed by atoms with Crippen LogP contribution in [0.3, 0.4) is 0 Å². The van der Waals surface area contributed by atoms with Gasteiger partial charge in [0.2, 0.25) is 0 Å². The average Bonchev–Trinajstić information content (AvgIpc) is 3.17. The first-order valence-corrected chi connectivity index (χ1v) is 15.9. The summed E-state index contributed by atoms with van der Waals surface area (Å²) in [7, 11) is 0. The predicted molar refractivity (Wildman–Crippen MR) is 195 cm³/mol. The van der Waals surface area contributed by atoms with Crippen molar-refractivity contribution in [3.63, 3.8) is 0 Å². The summed E-state index contributed by atoms with van der Waals surface area (Å²) in [6, 6.07) is 52.0. The van der Waals surface area contributed by atoms with Crippen LogP contribution < -0.4 is 0 Å². The molecule has 9 rings (SSSR count). The fraction of sp³-hybridized carbons (Fsp3) is 0. The van der Waals surface area contributed by atoms with Gasteiger partial charge in [-0.05, 0) is 39.7 Å². The summed E-state index contributed by atoms with van der Waals surface area (Å²) in [5, 5.41) is 6.88. The van der Waals surface area contributed by atoms with Crippen LogP contribution in [0, 0.1) is 0 Å². The zero-order valence-corrected chi connectivity index (χ0v) is 25.8. The lowest BCUT2D eigenvalue weighted by molar-refractivity contribution is 1.07. The quantitative estimate of drug-likeness (QED) is 0.193. The van der Waals surface area contributed by atoms with Crippen molar-refractivity contribution in [2.24, 2.45) is 0 Å². The maximum atomic E-state index is 5.01. The molecule has 5 heteroatoms. The third-order valence-electron chi connectivity index (χ3n) is 8.82. The lowest BCUT2D eigenvalue weighted by Gasteiger charge is -2.11. The average molecular weight is 614 g/mol. The Labute approximate surface area is 277 Å². The summed E-state index contributed by atoms with van der Waals surface area (Å²) in [4.78, 5) is 24.5. The molecular formula is C43H27N5. The maximum Gasteiger partial charge on any atom is 0.164 e. The first-order valence-electron chi connectivity index (χ1n) is 15.9. The Morgan fingerprint density at radius 1 is 0.292 bits per heavy atom. The summed E-state index contributed by atoms with van der Waals surface area (Å²) in [5.41, 5.74) is 6.73. The molecule has 3 heterocycles. The minimum absolute atomic E-state index is 0.611. The van der Waals surface area contributed by atoms with Crippen LogP contribution >= 0.6 is 0 Å². The van der Waals surface area contributed by atoms with Gasteiger partial charge in [0.25, 0.3) is 0 Å². The Hall–Kier alpha value is -6.59. The number of hydrogen-bond acceptors (Lipinski definition) is 5. The smallest absolute Gasteiger partial charge is 0.164 e. The molecule has 5 nitrogen and oxygen atoms in total. The Balaban J connectivity index is 1.14. The van der Waals surface area contributed by atoms with Crippen LogP contribution in [0.4, 0.5) is 0 Å². The van der Waals surface area contributed by atoms with E-state index in [0.717, 1.165) is 66.1 Å². The largest absolute Gasteiger partial charge is 0.256 e. The second-order valence-corrected chi connectivity index (χ2v) is 11.8. The number of fused-ring (bicyclic) bond motifs is 3. The van der Waals surface area contributed by atoms with Gasteiger partial charge in [-0.1, -0.05) is 133 Å². The van der Waals surface area contributed by atoms with E-state index in [1.165, 1.54) is 5.39 Å². The van der Waals surface area contributed by atoms with Gasteiger partial charge in [-0.2, -0.15) is 0 Å². The third-order valence-corrected chi connectivity index (χ3v) is 8.82. The van der Waals surface area contributed by atoms with Gasteiger partial charge in [0, 0.05) is 51.0 Å². The van der Waals surface area contributed by atoms with Crippen LogP contribution in [-0.2, 0) is 0 Å². The van der Waals surface area contributed by atoms with Crippen LogP contribution in [0.15, 0.2) is 164 Å². The molecule has 0 bridgehead atoms. The molecule has 3 aromatic heterocycles. The number of hydrogen-bond donors (Lipinski definition) is 0. The molecule has 0 spiro atoms. The van der Waals surface area contributed by atoms with Crippen molar-refractivity contribution in [3.8, 4) is 56.7 Å². The predicted octanol–water partition coefficient (Wildman–Crippen LogP) is 10.5. The molecule has 0 saturated carbocycles. The molecule has 0 amide bonds. The minimum Gasteiger partial charge on any atom is -0.256 e. The molecule has 0 atom stereocenters. The van der Waals surface area contributed by atoms with Gasteiger partial charge in [-0.25, -0.2) is 15.0 Å². The molecule has 9 aromatic rings. The van der Waals surface area contributed by atoms with E-state index in [2.05, 4.69) is 127 Å². The van der Waals surface area contributed by atoms with Crippen molar-refractivity contribution in [2.45, 2.75) is 0 Å². The molecule has 0 saturated heterocycles. The van der Waals surface area contributed by atoms with Crippen molar-refractivity contribution in [1.29, 1.82) is 0 Å². The molecule has 48 heavy (non-hydrogen) atoms. The number of benzene rings is 6. The van der Waals surface area contributed by atoms with Crippen molar-refractivity contribution in [2.75, 3.05) is 0 Å². The molecule has 6 aromatic carbocycles. The third kappa shape index (κ3) is 5.04. The topological polar surface area (TPSA) is 64.5 Å². The van der Waals surface area contributed by atoms with Crippen LogP contribution in [0.2, 0.25) is 0 Å². The van der Waals surface area contributed by atoms with Gasteiger partial charge in [0.15, 0.2) is 17.5 Å². The Morgan fingerprint density at radius 2 is 0.688 bits per heavy atom. The molecule has 0 unspecified atom stereocenters. The van der Waals surface area contributed by atoms with Crippen molar-refractivity contribution in [3.05, 3.63) is 164 Å². The molecule has 0 N–H and O–H groups in total. The van der Waals surface area contributed by atoms with E-state index in [1.54, 1.807) is 0 Å². The van der Waals surface area contributed by atoms with Crippen LogP contribution in [0.5, 0.6) is 0 Å². The molecule has 0 aliphatic carbocycles. The lowest BCUT2D eigenvalue weighted by Crippen LogP contribution is -2.00. The van der Waals surface area contributed by atoms with E-state index < -0.39 is 0 Å². The van der Waals surface area contributed by atoms with Gasteiger partial charge in [0.05, 0.1) is 11.4 Å². The normalized spacial score (nSPS) is 11.3. The van der Waals surface area contributed by atoms with E-state index >= 15 is 0 Å². The number of pyridine rings is 2. The molecule has 0 aliphatic heterocycles. The van der Waals surface area contributed by atoms with Gasteiger partial charge in [0.1, 0.15) is 0 Å². The highest BCUT2D eigenvalue weighted by atomic mass is 15.0. The summed E-state index contributed by atoms with van der Waals surface area (Å²) in [6.07, 6.45) is 3.72. The van der Waals surface area contributed by atoms with E-state index in [4.69, 9.17) is 24.9 Å². The van der Waals surface area contributed by atoms with Crippen LogP contribution in [0.1, 0.15) is 0 Å². The molecule has 224 valence electrons. The first kappa shape index (κ1) is 27.7.